The van der Waals surface area contributed by atoms with Crippen molar-refractivity contribution in [2.75, 3.05) is 11.9 Å². The lowest BCUT2D eigenvalue weighted by Gasteiger charge is -2.10. The largest absolute Gasteiger partial charge is 0.481 e. The molecule has 0 saturated carbocycles. The highest BCUT2D eigenvalue weighted by molar-refractivity contribution is 6.35. The van der Waals surface area contributed by atoms with E-state index in [1.54, 1.807) is 73.2 Å². The number of benzene rings is 2. The van der Waals surface area contributed by atoms with E-state index in [4.69, 9.17) is 21.1 Å². The molecule has 0 bridgehead atoms. The highest BCUT2D eigenvalue weighted by atomic mass is 35.5. The van der Waals surface area contributed by atoms with Crippen molar-refractivity contribution in [1.29, 1.82) is 0 Å². The van der Waals surface area contributed by atoms with Crippen LogP contribution in [0.5, 0.6) is 17.2 Å². The summed E-state index contributed by atoms with van der Waals surface area (Å²) in [5.74, 6) is 1.56. The summed E-state index contributed by atoms with van der Waals surface area (Å²) in [7, 11) is 0. The molecule has 4 rings (SSSR count). The van der Waals surface area contributed by atoms with Crippen LogP contribution in [0.3, 0.4) is 0 Å². The molecule has 0 atom stereocenters. The second-order valence-electron chi connectivity index (χ2n) is 6.09. The smallest absolute Gasteiger partial charge is 0.262 e. The molecule has 6 nitrogen and oxygen atoms in total. The Balaban J connectivity index is 1.36. The van der Waals surface area contributed by atoms with E-state index < -0.39 is 0 Å². The molecule has 4 aromatic rings. The predicted octanol–water partition coefficient (Wildman–Crippen LogP) is 5.09. The van der Waals surface area contributed by atoms with Gasteiger partial charge in [-0.05, 0) is 60.7 Å². The van der Waals surface area contributed by atoms with E-state index in [-0.39, 0.29) is 12.5 Å². The fourth-order valence-corrected chi connectivity index (χ4v) is 2.93. The minimum atomic E-state index is -0.285. The number of carbonyl (C=O) groups is 1. The second kappa shape index (κ2) is 8.58. The first-order valence-electron chi connectivity index (χ1n) is 8.83. The van der Waals surface area contributed by atoms with Gasteiger partial charge in [-0.15, -0.1) is 0 Å². The van der Waals surface area contributed by atoms with Gasteiger partial charge in [0, 0.05) is 29.7 Å². The molecule has 0 aliphatic heterocycles. The van der Waals surface area contributed by atoms with Crippen molar-refractivity contribution in [3.8, 4) is 17.2 Å². The van der Waals surface area contributed by atoms with Crippen molar-refractivity contribution in [3.05, 3.63) is 84.3 Å². The molecule has 144 valence electrons. The summed E-state index contributed by atoms with van der Waals surface area (Å²) in [6.45, 7) is -0.150. The molecule has 2 heterocycles. The standard InChI is InChI=1S/C22H16ClN3O3/c23-19-7-8-20(22-18(19)2-1-11-25-22)28-14-21(27)26-15-3-5-16(6-4-15)29-17-9-12-24-13-10-17/h1-13H,14H2,(H,26,27). The van der Waals surface area contributed by atoms with Gasteiger partial charge >= 0.3 is 0 Å². The Hall–Kier alpha value is -3.64. The van der Waals surface area contributed by atoms with Crippen LogP contribution in [0, 0.1) is 0 Å². The molecular weight excluding hydrogens is 390 g/mol. The molecular formula is C22H16ClN3O3. The monoisotopic (exact) mass is 405 g/mol. The third-order valence-corrected chi connectivity index (χ3v) is 4.39. The van der Waals surface area contributed by atoms with Crippen molar-refractivity contribution in [1.82, 2.24) is 9.97 Å². The average molecular weight is 406 g/mol. The van der Waals surface area contributed by atoms with Crippen LogP contribution in [0.25, 0.3) is 10.9 Å². The normalized spacial score (nSPS) is 10.5. The maximum absolute atomic E-state index is 12.2. The van der Waals surface area contributed by atoms with Crippen molar-refractivity contribution in [2.45, 2.75) is 0 Å². The van der Waals surface area contributed by atoms with Crippen molar-refractivity contribution < 1.29 is 14.3 Å². The molecule has 2 aromatic carbocycles. The minimum Gasteiger partial charge on any atom is -0.481 e. The van der Waals surface area contributed by atoms with Crippen LogP contribution in [-0.2, 0) is 4.79 Å². The summed E-state index contributed by atoms with van der Waals surface area (Å²) < 4.78 is 11.3. The number of ether oxygens (including phenoxy) is 2. The maximum atomic E-state index is 12.2. The molecule has 0 fully saturated rings. The van der Waals surface area contributed by atoms with Crippen LogP contribution in [0.2, 0.25) is 5.02 Å². The van der Waals surface area contributed by atoms with Gasteiger partial charge in [0.2, 0.25) is 0 Å². The summed E-state index contributed by atoms with van der Waals surface area (Å²) in [6, 6.07) is 17.7. The molecule has 1 N–H and O–H groups in total. The van der Waals surface area contributed by atoms with Crippen molar-refractivity contribution >= 4 is 34.1 Å². The zero-order valence-corrected chi connectivity index (χ0v) is 16.0. The third kappa shape index (κ3) is 4.62. The number of anilines is 1. The van der Waals surface area contributed by atoms with Crippen LogP contribution in [0.4, 0.5) is 5.69 Å². The van der Waals surface area contributed by atoms with Crippen LogP contribution in [0.1, 0.15) is 0 Å². The molecule has 0 unspecified atom stereocenters. The van der Waals surface area contributed by atoms with E-state index in [1.165, 1.54) is 0 Å². The van der Waals surface area contributed by atoms with Crippen LogP contribution in [0.15, 0.2) is 79.3 Å². The van der Waals surface area contributed by atoms with Gasteiger partial charge < -0.3 is 14.8 Å². The first-order chi connectivity index (χ1) is 14.2. The van der Waals surface area contributed by atoms with Gasteiger partial charge in [0.25, 0.3) is 5.91 Å². The van der Waals surface area contributed by atoms with Crippen LogP contribution in [-0.4, -0.2) is 22.5 Å². The summed E-state index contributed by atoms with van der Waals surface area (Å²) >= 11 is 6.17. The number of carbonyl (C=O) groups excluding carboxylic acids is 1. The average Bonchev–Trinajstić information content (AvgIpc) is 2.76. The molecule has 0 aliphatic rings. The Kier molecular flexibility index (Phi) is 5.54. The molecule has 0 saturated heterocycles. The summed E-state index contributed by atoms with van der Waals surface area (Å²) in [5.41, 5.74) is 1.25. The van der Waals surface area contributed by atoms with Gasteiger partial charge in [0.05, 0.1) is 5.02 Å². The van der Waals surface area contributed by atoms with E-state index in [1.807, 2.05) is 6.07 Å². The number of halogens is 1. The van der Waals surface area contributed by atoms with E-state index >= 15 is 0 Å². The van der Waals surface area contributed by atoms with E-state index in [9.17, 15) is 4.79 Å². The van der Waals surface area contributed by atoms with Crippen LogP contribution >= 0.6 is 11.6 Å². The highest BCUT2D eigenvalue weighted by Gasteiger charge is 2.09. The first-order valence-corrected chi connectivity index (χ1v) is 9.21. The molecule has 29 heavy (non-hydrogen) atoms. The lowest BCUT2D eigenvalue weighted by Crippen LogP contribution is -2.20. The number of aromatic nitrogens is 2. The number of pyridine rings is 2. The fourth-order valence-electron chi connectivity index (χ4n) is 2.72. The number of hydrogen-bond donors (Lipinski definition) is 1. The van der Waals surface area contributed by atoms with Gasteiger partial charge in [0.1, 0.15) is 22.8 Å². The SMILES string of the molecule is O=C(COc1ccc(Cl)c2cccnc12)Nc1ccc(Oc2ccncc2)cc1. The Morgan fingerprint density at radius 2 is 1.69 bits per heavy atom. The molecule has 0 radical (unpaired) electrons. The van der Waals surface area contributed by atoms with Gasteiger partial charge in [-0.3, -0.25) is 14.8 Å². The Morgan fingerprint density at radius 3 is 2.48 bits per heavy atom. The predicted molar refractivity (Wildman–Crippen MR) is 112 cm³/mol. The Bertz CT molecular complexity index is 1140. The third-order valence-electron chi connectivity index (χ3n) is 4.06. The van der Waals surface area contributed by atoms with Gasteiger partial charge in [-0.2, -0.15) is 0 Å². The second-order valence-corrected chi connectivity index (χ2v) is 6.50. The molecule has 7 heteroatoms. The number of rotatable bonds is 6. The van der Waals surface area contributed by atoms with Crippen LogP contribution < -0.4 is 14.8 Å². The Morgan fingerprint density at radius 1 is 0.931 bits per heavy atom. The van der Waals surface area contributed by atoms with Gasteiger partial charge in [-0.1, -0.05) is 11.6 Å². The molecule has 0 aliphatic carbocycles. The van der Waals surface area contributed by atoms with E-state index in [0.717, 1.165) is 5.39 Å². The van der Waals surface area contributed by atoms with E-state index in [2.05, 4.69) is 15.3 Å². The summed E-state index contributed by atoms with van der Waals surface area (Å²) in [5, 5.41) is 4.14. The van der Waals surface area contributed by atoms with E-state index in [0.29, 0.717) is 33.5 Å². The number of hydrogen-bond acceptors (Lipinski definition) is 5. The Labute approximate surface area is 172 Å². The minimum absolute atomic E-state index is 0.150. The van der Waals surface area contributed by atoms with Crippen molar-refractivity contribution in [3.63, 3.8) is 0 Å². The summed E-state index contributed by atoms with van der Waals surface area (Å²) in [6.07, 6.45) is 4.97. The molecule has 2 aromatic heterocycles. The zero-order chi connectivity index (χ0) is 20.1. The molecule has 1 amide bonds. The number of fused-ring (bicyclic) bond motifs is 1. The molecule has 0 spiro atoms. The lowest BCUT2D eigenvalue weighted by atomic mass is 10.2. The number of nitrogens with zero attached hydrogens (tertiary/aromatic N) is 2. The summed E-state index contributed by atoms with van der Waals surface area (Å²) in [4.78, 5) is 20.5. The number of nitrogens with one attached hydrogen (secondary N) is 1. The topological polar surface area (TPSA) is 73.3 Å². The van der Waals surface area contributed by atoms with Gasteiger partial charge in [-0.25, -0.2) is 0 Å². The first kappa shape index (κ1) is 18.7. The fraction of sp³-hybridized carbons (Fsp3) is 0.0455. The maximum Gasteiger partial charge on any atom is 0.262 e. The zero-order valence-electron chi connectivity index (χ0n) is 15.2. The quantitative estimate of drug-likeness (QED) is 0.483. The highest BCUT2D eigenvalue weighted by Crippen LogP contribution is 2.29. The van der Waals surface area contributed by atoms with Gasteiger partial charge in [0.15, 0.2) is 6.61 Å². The lowest BCUT2D eigenvalue weighted by molar-refractivity contribution is -0.118. The van der Waals surface area contributed by atoms with Crippen molar-refractivity contribution in [2.24, 2.45) is 0 Å². The number of amides is 1.